The molecular formula is C24H19Cl2N3O4. The molecule has 7 nitrogen and oxygen atoms in total. The van der Waals surface area contributed by atoms with Crippen molar-refractivity contribution in [2.45, 2.75) is 0 Å². The molecule has 9 heteroatoms. The highest BCUT2D eigenvalue weighted by Gasteiger charge is 2.25. The van der Waals surface area contributed by atoms with E-state index < -0.39 is 11.8 Å². The van der Waals surface area contributed by atoms with Crippen molar-refractivity contribution in [2.24, 2.45) is 0 Å². The number of carbonyl (C=O) groups is 2. The highest BCUT2D eigenvalue weighted by atomic mass is 35.5. The lowest BCUT2D eigenvalue weighted by Gasteiger charge is -2.11. The minimum absolute atomic E-state index is 0.00486. The Kier molecular flexibility index (Phi) is 6.18. The van der Waals surface area contributed by atoms with Gasteiger partial charge in [0.05, 0.1) is 35.3 Å². The lowest BCUT2D eigenvalue weighted by Crippen LogP contribution is -2.18. The second-order valence-corrected chi connectivity index (χ2v) is 7.89. The molecule has 0 spiro atoms. The van der Waals surface area contributed by atoms with Gasteiger partial charge in [0.15, 0.2) is 11.5 Å². The molecule has 1 amide bonds. The number of anilines is 2. The summed E-state index contributed by atoms with van der Waals surface area (Å²) in [6, 6.07) is 16.5. The van der Waals surface area contributed by atoms with Gasteiger partial charge in [0.1, 0.15) is 5.82 Å². The van der Waals surface area contributed by atoms with E-state index in [2.05, 4.69) is 5.32 Å². The van der Waals surface area contributed by atoms with E-state index in [1.165, 1.54) is 30.9 Å². The highest BCUT2D eigenvalue weighted by Crippen LogP contribution is 2.33. The van der Waals surface area contributed by atoms with Crippen molar-refractivity contribution in [3.63, 3.8) is 0 Å². The maximum atomic E-state index is 13.3. The Labute approximate surface area is 199 Å². The van der Waals surface area contributed by atoms with Gasteiger partial charge in [0.2, 0.25) is 0 Å². The Balaban J connectivity index is 1.78. The van der Waals surface area contributed by atoms with Crippen LogP contribution in [0.15, 0.2) is 60.7 Å². The van der Waals surface area contributed by atoms with Crippen LogP contribution in [0.1, 0.15) is 20.7 Å². The molecule has 33 heavy (non-hydrogen) atoms. The molecule has 0 aliphatic rings. The van der Waals surface area contributed by atoms with Crippen molar-refractivity contribution in [2.75, 3.05) is 25.3 Å². The predicted molar refractivity (Wildman–Crippen MR) is 130 cm³/mol. The van der Waals surface area contributed by atoms with Crippen LogP contribution in [0.3, 0.4) is 0 Å². The smallest absolute Gasteiger partial charge is 0.264 e. The van der Waals surface area contributed by atoms with Gasteiger partial charge in [-0.05, 0) is 36.4 Å². The maximum Gasteiger partial charge on any atom is 0.264 e. The van der Waals surface area contributed by atoms with E-state index in [1.54, 1.807) is 48.5 Å². The number of hydrogen-bond acceptors (Lipinski definition) is 5. The second kappa shape index (κ2) is 9.05. The van der Waals surface area contributed by atoms with E-state index in [1.807, 2.05) is 0 Å². The van der Waals surface area contributed by atoms with Crippen LogP contribution in [0.4, 0.5) is 11.5 Å². The zero-order valence-corrected chi connectivity index (χ0v) is 19.2. The Morgan fingerprint density at radius 1 is 0.909 bits per heavy atom. The first kappa shape index (κ1) is 22.5. The average Bonchev–Trinajstić information content (AvgIpc) is 3.11. The first-order valence-electron chi connectivity index (χ1n) is 9.77. The number of nitrogens with one attached hydrogen (secondary N) is 1. The van der Waals surface area contributed by atoms with Crippen molar-refractivity contribution in [3.05, 3.63) is 81.8 Å². The zero-order valence-electron chi connectivity index (χ0n) is 17.7. The van der Waals surface area contributed by atoms with Crippen LogP contribution >= 0.6 is 23.2 Å². The van der Waals surface area contributed by atoms with E-state index in [0.29, 0.717) is 33.1 Å². The Morgan fingerprint density at radius 2 is 1.64 bits per heavy atom. The van der Waals surface area contributed by atoms with Gasteiger partial charge in [0.25, 0.3) is 11.8 Å². The number of halogens is 2. The highest BCUT2D eigenvalue weighted by molar-refractivity contribution is 6.42. The normalized spacial score (nSPS) is 10.8. The molecular weight excluding hydrogens is 465 g/mol. The van der Waals surface area contributed by atoms with Gasteiger partial charge < -0.3 is 20.5 Å². The number of nitrogen functional groups attached to an aromatic ring is 1. The van der Waals surface area contributed by atoms with Crippen LogP contribution < -0.4 is 20.5 Å². The van der Waals surface area contributed by atoms with Crippen LogP contribution in [0, 0.1) is 0 Å². The lowest BCUT2D eigenvalue weighted by molar-refractivity contribution is 0.0967. The Hall–Kier alpha value is -3.68. The number of carbonyl (C=O) groups excluding carboxylic acids is 2. The molecule has 4 aromatic rings. The molecule has 0 saturated heterocycles. The SMILES string of the molecule is COc1ccc(NC(=O)c2c(N)n(C(=O)c3ccc(Cl)c(Cl)c3)c3ccccc23)cc1OC. The van der Waals surface area contributed by atoms with Gasteiger partial charge in [-0.2, -0.15) is 0 Å². The topological polar surface area (TPSA) is 95.6 Å². The quantitative estimate of drug-likeness (QED) is 0.391. The summed E-state index contributed by atoms with van der Waals surface area (Å²) < 4.78 is 11.8. The number of rotatable bonds is 5. The fourth-order valence-corrected chi connectivity index (χ4v) is 3.88. The fraction of sp³-hybridized carbons (Fsp3) is 0.0833. The molecule has 0 aliphatic carbocycles. The van der Waals surface area contributed by atoms with Crippen LogP contribution in [-0.2, 0) is 0 Å². The molecule has 0 aliphatic heterocycles. The predicted octanol–water partition coefficient (Wildman–Crippen LogP) is 5.49. The summed E-state index contributed by atoms with van der Waals surface area (Å²) in [5.41, 5.74) is 7.78. The van der Waals surface area contributed by atoms with E-state index in [0.717, 1.165) is 0 Å². The summed E-state index contributed by atoms with van der Waals surface area (Å²) in [7, 11) is 3.03. The van der Waals surface area contributed by atoms with Gasteiger partial charge in [-0.1, -0.05) is 41.4 Å². The molecule has 3 N–H and O–H groups in total. The lowest BCUT2D eigenvalue weighted by atomic mass is 10.1. The van der Waals surface area contributed by atoms with Gasteiger partial charge in [-0.25, -0.2) is 0 Å². The Morgan fingerprint density at radius 3 is 2.33 bits per heavy atom. The number of methoxy groups -OCH3 is 2. The summed E-state index contributed by atoms with van der Waals surface area (Å²) in [4.78, 5) is 26.6. The Bertz CT molecular complexity index is 1400. The molecule has 3 aromatic carbocycles. The van der Waals surface area contributed by atoms with E-state index in [9.17, 15) is 9.59 Å². The largest absolute Gasteiger partial charge is 0.493 e. The summed E-state index contributed by atoms with van der Waals surface area (Å²) in [5.74, 6) is 0.0774. The summed E-state index contributed by atoms with van der Waals surface area (Å²) >= 11 is 12.1. The fourth-order valence-electron chi connectivity index (χ4n) is 3.58. The van der Waals surface area contributed by atoms with Crippen LogP contribution in [0.25, 0.3) is 10.9 Å². The molecule has 4 rings (SSSR count). The maximum absolute atomic E-state index is 13.3. The number of nitrogens with zero attached hydrogens (tertiary/aromatic N) is 1. The summed E-state index contributed by atoms with van der Waals surface area (Å²) in [6.45, 7) is 0. The molecule has 0 atom stereocenters. The van der Waals surface area contributed by atoms with Crippen molar-refractivity contribution in [3.8, 4) is 11.5 Å². The molecule has 0 radical (unpaired) electrons. The second-order valence-electron chi connectivity index (χ2n) is 7.07. The van der Waals surface area contributed by atoms with Crippen LogP contribution in [0.2, 0.25) is 10.0 Å². The zero-order chi connectivity index (χ0) is 23.7. The van der Waals surface area contributed by atoms with Crippen molar-refractivity contribution < 1.29 is 19.1 Å². The molecule has 0 bridgehead atoms. The van der Waals surface area contributed by atoms with E-state index in [-0.39, 0.29) is 22.0 Å². The summed E-state index contributed by atoms with van der Waals surface area (Å²) in [6.07, 6.45) is 0. The van der Waals surface area contributed by atoms with Crippen molar-refractivity contribution >= 4 is 57.4 Å². The monoisotopic (exact) mass is 483 g/mol. The molecule has 168 valence electrons. The number of aromatic nitrogens is 1. The third-order valence-corrected chi connectivity index (χ3v) is 5.89. The number of nitrogens with two attached hydrogens (primary N) is 1. The van der Waals surface area contributed by atoms with Gasteiger partial charge in [0, 0.05) is 22.7 Å². The number of para-hydroxylation sites is 1. The van der Waals surface area contributed by atoms with Gasteiger partial charge in [-0.3, -0.25) is 14.2 Å². The third-order valence-electron chi connectivity index (χ3n) is 5.15. The first-order chi connectivity index (χ1) is 15.8. The summed E-state index contributed by atoms with van der Waals surface area (Å²) in [5, 5.41) is 3.90. The third kappa shape index (κ3) is 4.08. The molecule has 0 unspecified atom stereocenters. The minimum atomic E-state index is -0.475. The van der Waals surface area contributed by atoms with Crippen molar-refractivity contribution in [1.82, 2.24) is 4.57 Å². The van der Waals surface area contributed by atoms with E-state index in [4.69, 9.17) is 38.4 Å². The van der Waals surface area contributed by atoms with Gasteiger partial charge in [-0.15, -0.1) is 0 Å². The van der Waals surface area contributed by atoms with Crippen LogP contribution in [0.5, 0.6) is 11.5 Å². The number of hydrogen-bond donors (Lipinski definition) is 2. The van der Waals surface area contributed by atoms with E-state index >= 15 is 0 Å². The number of ether oxygens (including phenoxy) is 2. The number of fused-ring (bicyclic) bond motifs is 1. The van der Waals surface area contributed by atoms with Gasteiger partial charge >= 0.3 is 0 Å². The standard InChI is InChI=1S/C24H19Cl2N3O4/c1-32-19-10-8-14(12-20(19)33-2)28-23(30)21-15-5-3-4-6-18(15)29(22(21)27)24(31)13-7-9-16(25)17(26)11-13/h3-12H,27H2,1-2H3,(H,28,30). The van der Waals surface area contributed by atoms with Crippen molar-refractivity contribution in [1.29, 1.82) is 0 Å². The molecule has 1 heterocycles. The minimum Gasteiger partial charge on any atom is -0.493 e. The van der Waals surface area contributed by atoms with Crippen LogP contribution in [-0.4, -0.2) is 30.6 Å². The number of benzene rings is 3. The first-order valence-corrected chi connectivity index (χ1v) is 10.5. The molecule has 1 aromatic heterocycles. The molecule has 0 saturated carbocycles. The number of amides is 1. The molecule has 0 fully saturated rings. The average molecular weight is 484 g/mol.